The van der Waals surface area contributed by atoms with E-state index in [0.717, 1.165) is 36.9 Å². The molecule has 1 aromatic carbocycles. The molecule has 2 aliphatic rings. The molecule has 0 aromatic heterocycles. The van der Waals surface area contributed by atoms with Crippen molar-refractivity contribution in [1.82, 2.24) is 9.80 Å². The smallest absolute Gasteiger partial charge is 0.257 e. The Kier molecular flexibility index (Phi) is 6.40. The van der Waals surface area contributed by atoms with Crippen molar-refractivity contribution in [1.29, 1.82) is 0 Å². The Balaban J connectivity index is 1.68. The Bertz CT molecular complexity index is 695. The molecule has 0 atom stereocenters. The number of hydrogen-bond acceptors (Lipinski definition) is 3. The molecular formula is C22H32N2O3. The van der Waals surface area contributed by atoms with Gasteiger partial charge >= 0.3 is 0 Å². The van der Waals surface area contributed by atoms with Gasteiger partial charge < -0.3 is 14.5 Å². The Morgan fingerprint density at radius 1 is 0.889 bits per heavy atom. The van der Waals surface area contributed by atoms with Crippen LogP contribution in [0, 0.1) is 19.8 Å². The lowest BCUT2D eigenvalue weighted by Crippen LogP contribution is -2.40. The van der Waals surface area contributed by atoms with Gasteiger partial charge in [0.25, 0.3) is 5.91 Å². The lowest BCUT2D eigenvalue weighted by Gasteiger charge is -2.28. The average molecular weight is 373 g/mol. The van der Waals surface area contributed by atoms with E-state index in [4.69, 9.17) is 4.74 Å². The van der Waals surface area contributed by atoms with Gasteiger partial charge in [-0.2, -0.15) is 0 Å². The minimum Gasteiger partial charge on any atom is -0.496 e. The van der Waals surface area contributed by atoms with Crippen molar-refractivity contribution in [3.05, 3.63) is 28.8 Å². The van der Waals surface area contributed by atoms with Crippen LogP contribution in [0.15, 0.2) is 12.1 Å². The van der Waals surface area contributed by atoms with Crippen LogP contribution < -0.4 is 4.74 Å². The van der Waals surface area contributed by atoms with Gasteiger partial charge in [0.1, 0.15) is 5.75 Å². The molecule has 0 spiro atoms. The minimum absolute atomic E-state index is 0.00177. The molecule has 0 unspecified atom stereocenters. The van der Waals surface area contributed by atoms with Crippen LogP contribution in [-0.4, -0.2) is 54.9 Å². The SMILES string of the molecule is COc1cc(C)c(C)cc1C(=O)N1CCCN(C(=O)C2CCCCC2)CC1. The molecule has 148 valence electrons. The van der Waals surface area contributed by atoms with E-state index in [0.29, 0.717) is 36.9 Å². The Hall–Kier alpha value is -2.04. The third kappa shape index (κ3) is 4.45. The summed E-state index contributed by atoms with van der Waals surface area (Å²) < 4.78 is 5.45. The van der Waals surface area contributed by atoms with Gasteiger partial charge in [-0.1, -0.05) is 19.3 Å². The summed E-state index contributed by atoms with van der Waals surface area (Å²) in [7, 11) is 1.61. The number of carbonyl (C=O) groups excluding carboxylic acids is 2. The second-order valence-electron chi connectivity index (χ2n) is 7.94. The fourth-order valence-electron chi connectivity index (χ4n) is 4.24. The summed E-state index contributed by atoms with van der Waals surface area (Å²) in [6, 6.07) is 3.85. The van der Waals surface area contributed by atoms with E-state index >= 15 is 0 Å². The van der Waals surface area contributed by atoms with E-state index in [1.807, 2.05) is 35.8 Å². The maximum absolute atomic E-state index is 13.1. The van der Waals surface area contributed by atoms with Crippen molar-refractivity contribution in [3.8, 4) is 5.75 Å². The summed E-state index contributed by atoms with van der Waals surface area (Å²) in [6.07, 6.45) is 6.47. The third-order valence-electron chi connectivity index (χ3n) is 6.10. The summed E-state index contributed by atoms with van der Waals surface area (Å²) in [5.41, 5.74) is 2.82. The molecular weight excluding hydrogens is 340 g/mol. The van der Waals surface area contributed by atoms with E-state index in [2.05, 4.69) is 0 Å². The van der Waals surface area contributed by atoms with E-state index in [-0.39, 0.29) is 11.8 Å². The second kappa shape index (κ2) is 8.77. The number of amides is 2. The zero-order valence-electron chi connectivity index (χ0n) is 16.9. The molecule has 1 aliphatic heterocycles. The van der Waals surface area contributed by atoms with Crippen molar-refractivity contribution >= 4 is 11.8 Å². The summed E-state index contributed by atoms with van der Waals surface area (Å²) in [4.78, 5) is 29.8. The highest BCUT2D eigenvalue weighted by Gasteiger charge is 2.29. The van der Waals surface area contributed by atoms with Gasteiger partial charge in [-0.25, -0.2) is 0 Å². The normalized spacial score (nSPS) is 18.9. The highest BCUT2D eigenvalue weighted by Crippen LogP contribution is 2.27. The average Bonchev–Trinajstić information content (AvgIpc) is 2.95. The van der Waals surface area contributed by atoms with Gasteiger partial charge in [0, 0.05) is 32.1 Å². The fraction of sp³-hybridized carbons (Fsp3) is 0.636. The van der Waals surface area contributed by atoms with E-state index in [9.17, 15) is 9.59 Å². The van der Waals surface area contributed by atoms with Gasteiger partial charge in [0.2, 0.25) is 5.91 Å². The van der Waals surface area contributed by atoms with Gasteiger partial charge in [0.15, 0.2) is 0 Å². The van der Waals surface area contributed by atoms with Crippen molar-refractivity contribution in [2.75, 3.05) is 33.3 Å². The minimum atomic E-state index is 0.00177. The van der Waals surface area contributed by atoms with Crippen LogP contribution in [0.2, 0.25) is 0 Å². The summed E-state index contributed by atoms with van der Waals surface area (Å²) in [5, 5.41) is 0. The summed E-state index contributed by atoms with van der Waals surface area (Å²) in [5.74, 6) is 1.12. The standard InChI is InChI=1S/C22H32N2O3/c1-16-14-19(20(27-3)15-17(16)2)22(26)24-11-7-10-23(12-13-24)21(25)18-8-5-4-6-9-18/h14-15,18H,4-13H2,1-3H3. The first-order valence-electron chi connectivity index (χ1n) is 10.2. The van der Waals surface area contributed by atoms with Gasteiger partial charge in [-0.15, -0.1) is 0 Å². The Morgan fingerprint density at radius 2 is 1.52 bits per heavy atom. The van der Waals surface area contributed by atoms with Crippen molar-refractivity contribution in [2.45, 2.75) is 52.4 Å². The largest absolute Gasteiger partial charge is 0.496 e. The summed E-state index contributed by atoms with van der Waals surface area (Å²) in [6.45, 7) is 6.69. The van der Waals surface area contributed by atoms with Gasteiger partial charge in [-0.05, 0) is 56.4 Å². The maximum Gasteiger partial charge on any atom is 0.257 e. The van der Waals surface area contributed by atoms with Crippen LogP contribution in [0.3, 0.4) is 0 Å². The number of nitrogens with zero attached hydrogens (tertiary/aromatic N) is 2. The fourth-order valence-corrected chi connectivity index (χ4v) is 4.24. The molecule has 1 aliphatic carbocycles. The lowest BCUT2D eigenvalue weighted by molar-refractivity contribution is -0.136. The molecule has 0 bridgehead atoms. The topological polar surface area (TPSA) is 49.9 Å². The van der Waals surface area contributed by atoms with Crippen LogP contribution in [0.1, 0.15) is 60.0 Å². The molecule has 0 radical (unpaired) electrons. The first-order chi connectivity index (χ1) is 13.0. The Morgan fingerprint density at radius 3 is 2.22 bits per heavy atom. The van der Waals surface area contributed by atoms with E-state index in [1.165, 1.54) is 19.3 Å². The van der Waals surface area contributed by atoms with Gasteiger partial charge in [0.05, 0.1) is 12.7 Å². The van der Waals surface area contributed by atoms with Crippen LogP contribution >= 0.6 is 0 Å². The summed E-state index contributed by atoms with van der Waals surface area (Å²) >= 11 is 0. The molecule has 3 rings (SSSR count). The quantitative estimate of drug-likeness (QED) is 0.815. The molecule has 1 heterocycles. The molecule has 27 heavy (non-hydrogen) atoms. The zero-order chi connectivity index (χ0) is 19.4. The molecule has 5 nitrogen and oxygen atoms in total. The second-order valence-corrected chi connectivity index (χ2v) is 7.94. The number of ether oxygens (including phenoxy) is 1. The molecule has 1 saturated heterocycles. The van der Waals surface area contributed by atoms with Crippen LogP contribution in [-0.2, 0) is 4.79 Å². The monoisotopic (exact) mass is 372 g/mol. The number of hydrogen-bond donors (Lipinski definition) is 0. The third-order valence-corrected chi connectivity index (χ3v) is 6.10. The molecule has 1 aromatic rings. The lowest BCUT2D eigenvalue weighted by atomic mass is 9.88. The number of rotatable bonds is 3. The number of methoxy groups -OCH3 is 1. The first kappa shape index (κ1) is 19.7. The molecule has 2 fully saturated rings. The predicted molar refractivity (Wildman–Crippen MR) is 106 cm³/mol. The highest BCUT2D eigenvalue weighted by atomic mass is 16.5. The number of aryl methyl sites for hydroxylation is 2. The van der Waals surface area contributed by atoms with Crippen LogP contribution in [0.5, 0.6) is 5.75 Å². The molecule has 5 heteroatoms. The molecule has 0 N–H and O–H groups in total. The van der Waals surface area contributed by atoms with Crippen molar-refractivity contribution in [2.24, 2.45) is 5.92 Å². The number of carbonyl (C=O) groups is 2. The maximum atomic E-state index is 13.1. The first-order valence-corrected chi connectivity index (χ1v) is 10.2. The van der Waals surface area contributed by atoms with Crippen LogP contribution in [0.25, 0.3) is 0 Å². The van der Waals surface area contributed by atoms with Gasteiger partial charge in [-0.3, -0.25) is 9.59 Å². The Labute approximate surface area is 162 Å². The molecule has 1 saturated carbocycles. The zero-order valence-corrected chi connectivity index (χ0v) is 16.9. The highest BCUT2D eigenvalue weighted by molar-refractivity contribution is 5.97. The van der Waals surface area contributed by atoms with Crippen molar-refractivity contribution in [3.63, 3.8) is 0 Å². The van der Waals surface area contributed by atoms with E-state index < -0.39 is 0 Å². The predicted octanol–water partition coefficient (Wildman–Crippen LogP) is 3.57. The van der Waals surface area contributed by atoms with E-state index in [1.54, 1.807) is 7.11 Å². The number of benzene rings is 1. The molecule has 2 amide bonds. The van der Waals surface area contributed by atoms with Crippen molar-refractivity contribution < 1.29 is 14.3 Å². The van der Waals surface area contributed by atoms with Crippen LogP contribution in [0.4, 0.5) is 0 Å².